The molecule has 0 fully saturated rings. The molecule has 3 nitrogen and oxygen atoms in total. The molecule has 0 saturated heterocycles. The highest BCUT2D eigenvalue weighted by Crippen LogP contribution is 2.15. The van der Waals surface area contributed by atoms with E-state index in [0.717, 1.165) is 19.5 Å². The molecule has 1 aliphatic rings. The van der Waals surface area contributed by atoms with E-state index < -0.39 is 0 Å². The van der Waals surface area contributed by atoms with Gasteiger partial charge in [-0.2, -0.15) is 0 Å². The topological polar surface area (TPSA) is 31.9 Å². The van der Waals surface area contributed by atoms with E-state index >= 15 is 0 Å². The van der Waals surface area contributed by atoms with Crippen molar-refractivity contribution in [3.63, 3.8) is 0 Å². The van der Waals surface area contributed by atoms with Gasteiger partial charge < -0.3 is 4.98 Å². The van der Waals surface area contributed by atoms with Crippen molar-refractivity contribution >= 4 is 12.2 Å². The maximum Gasteiger partial charge on any atom is 0.196 e. The highest BCUT2D eigenvalue weighted by molar-refractivity contribution is 7.71. The van der Waals surface area contributed by atoms with Crippen LogP contribution in [0.25, 0.3) is 0 Å². The number of unbranched alkanes of at least 4 members (excludes halogenated alkanes) is 1. The van der Waals surface area contributed by atoms with E-state index in [0.29, 0.717) is 4.77 Å². The zero-order chi connectivity index (χ0) is 10.7. The van der Waals surface area contributed by atoms with Gasteiger partial charge in [0.05, 0.1) is 0 Å². The molecule has 4 heteroatoms. The normalized spacial score (nSPS) is 16.3. The molecule has 82 valence electrons. The van der Waals surface area contributed by atoms with Crippen molar-refractivity contribution < 1.29 is 0 Å². The first-order chi connectivity index (χ1) is 7.29. The minimum absolute atomic E-state index is 0.603. The van der Waals surface area contributed by atoms with Gasteiger partial charge in [-0.25, -0.2) is 4.98 Å². The Bertz CT molecular complexity index is 386. The molecule has 1 N–H and O–H groups in total. The molecule has 0 radical (unpaired) electrons. The van der Waals surface area contributed by atoms with Crippen molar-refractivity contribution in [2.45, 2.75) is 32.7 Å². The molecule has 1 aromatic heterocycles. The number of hydrogen-bond donors (Lipinski definition) is 1. The van der Waals surface area contributed by atoms with Crippen LogP contribution >= 0.6 is 12.2 Å². The molecular formula is C11H17N3S. The molecule has 2 heterocycles. The summed E-state index contributed by atoms with van der Waals surface area (Å²) in [5.41, 5.74) is 2.59. The Morgan fingerprint density at radius 3 is 3.27 bits per heavy atom. The van der Waals surface area contributed by atoms with Gasteiger partial charge in [0.25, 0.3) is 0 Å². The first-order valence-electron chi connectivity index (χ1n) is 5.59. The number of rotatable bonds is 3. The van der Waals surface area contributed by atoms with Crippen LogP contribution in [-0.4, -0.2) is 28.0 Å². The number of aromatic amines is 1. The molecule has 15 heavy (non-hydrogen) atoms. The van der Waals surface area contributed by atoms with Gasteiger partial charge in [0.15, 0.2) is 4.77 Å². The largest absolute Gasteiger partial charge is 0.333 e. The predicted molar refractivity (Wildman–Crippen MR) is 63.3 cm³/mol. The van der Waals surface area contributed by atoms with Gasteiger partial charge in [0, 0.05) is 25.0 Å². The third-order valence-corrected chi connectivity index (χ3v) is 3.10. The lowest BCUT2D eigenvalue weighted by atomic mass is 10.1. The SMILES string of the molecule is CCCCN1CCc2cnc(=S)[nH]c2C1. The Hall–Kier alpha value is -0.740. The van der Waals surface area contributed by atoms with Gasteiger partial charge in [-0.1, -0.05) is 13.3 Å². The lowest BCUT2D eigenvalue weighted by molar-refractivity contribution is 0.246. The molecule has 0 bridgehead atoms. The van der Waals surface area contributed by atoms with Gasteiger partial charge in [-0.05, 0) is 37.2 Å². The Kier molecular flexibility index (Phi) is 3.49. The maximum atomic E-state index is 5.04. The van der Waals surface area contributed by atoms with E-state index in [1.54, 1.807) is 0 Å². The molecule has 0 aliphatic carbocycles. The average Bonchev–Trinajstić information content (AvgIpc) is 2.25. The van der Waals surface area contributed by atoms with Crippen molar-refractivity contribution in [3.8, 4) is 0 Å². The smallest absolute Gasteiger partial charge is 0.196 e. The minimum Gasteiger partial charge on any atom is -0.333 e. The van der Waals surface area contributed by atoms with Crippen LogP contribution < -0.4 is 0 Å². The first kappa shape index (κ1) is 10.8. The highest BCUT2D eigenvalue weighted by Gasteiger charge is 2.15. The zero-order valence-corrected chi connectivity index (χ0v) is 9.94. The molecular weight excluding hydrogens is 206 g/mol. The number of fused-ring (bicyclic) bond motifs is 1. The number of nitrogens with zero attached hydrogens (tertiary/aromatic N) is 2. The van der Waals surface area contributed by atoms with Crippen molar-refractivity contribution in [3.05, 3.63) is 22.2 Å². The van der Waals surface area contributed by atoms with Crippen LogP contribution in [-0.2, 0) is 13.0 Å². The summed E-state index contributed by atoms with van der Waals surface area (Å²) in [5.74, 6) is 0. The van der Waals surface area contributed by atoms with Crippen molar-refractivity contribution in [1.29, 1.82) is 0 Å². The van der Waals surface area contributed by atoms with Crippen molar-refractivity contribution in [2.75, 3.05) is 13.1 Å². The maximum absolute atomic E-state index is 5.04. The summed E-state index contributed by atoms with van der Waals surface area (Å²) in [7, 11) is 0. The van der Waals surface area contributed by atoms with Gasteiger partial charge in [0.1, 0.15) is 0 Å². The summed E-state index contributed by atoms with van der Waals surface area (Å²) in [6, 6.07) is 0. The van der Waals surface area contributed by atoms with E-state index in [-0.39, 0.29) is 0 Å². The number of H-pyrrole nitrogens is 1. The van der Waals surface area contributed by atoms with E-state index in [1.807, 2.05) is 6.20 Å². The van der Waals surface area contributed by atoms with Crippen LogP contribution in [0, 0.1) is 4.77 Å². The fourth-order valence-corrected chi connectivity index (χ4v) is 2.14. The highest BCUT2D eigenvalue weighted by atomic mass is 32.1. The Balaban J connectivity index is 2.08. The van der Waals surface area contributed by atoms with E-state index in [1.165, 1.54) is 30.6 Å². The van der Waals surface area contributed by atoms with Gasteiger partial charge in [0.2, 0.25) is 0 Å². The second kappa shape index (κ2) is 4.86. The predicted octanol–water partition coefficient (Wildman–Crippen LogP) is 2.30. The van der Waals surface area contributed by atoms with E-state index in [2.05, 4.69) is 21.8 Å². The first-order valence-corrected chi connectivity index (χ1v) is 6.00. The molecule has 0 saturated carbocycles. The lowest BCUT2D eigenvalue weighted by Gasteiger charge is -2.27. The zero-order valence-electron chi connectivity index (χ0n) is 9.12. The van der Waals surface area contributed by atoms with Crippen LogP contribution in [0.15, 0.2) is 6.20 Å². The van der Waals surface area contributed by atoms with Crippen molar-refractivity contribution in [1.82, 2.24) is 14.9 Å². The lowest BCUT2D eigenvalue weighted by Crippen LogP contribution is -2.32. The minimum atomic E-state index is 0.603. The molecule has 0 unspecified atom stereocenters. The second-order valence-electron chi connectivity index (χ2n) is 4.07. The van der Waals surface area contributed by atoms with Crippen molar-refractivity contribution in [2.24, 2.45) is 0 Å². The van der Waals surface area contributed by atoms with Crippen LogP contribution in [0.2, 0.25) is 0 Å². The molecule has 0 spiro atoms. The van der Waals surface area contributed by atoms with Crippen LogP contribution in [0.4, 0.5) is 0 Å². The molecule has 1 aliphatic heterocycles. The third-order valence-electron chi connectivity index (χ3n) is 2.89. The fraction of sp³-hybridized carbons (Fsp3) is 0.636. The molecule has 0 aromatic carbocycles. The van der Waals surface area contributed by atoms with Gasteiger partial charge in [-0.3, -0.25) is 4.90 Å². The molecule has 0 atom stereocenters. The van der Waals surface area contributed by atoms with Crippen LogP contribution in [0.3, 0.4) is 0 Å². The number of aromatic nitrogens is 2. The van der Waals surface area contributed by atoms with E-state index in [4.69, 9.17) is 12.2 Å². The summed E-state index contributed by atoms with van der Waals surface area (Å²) in [6.45, 7) is 5.58. The Morgan fingerprint density at radius 2 is 2.47 bits per heavy atom. The second-order valence-corrected chi connectivity index (χ2v) is 4.46. The summed E-state index contributed by atoms with van der Waals surface area (Å²) in [5, 5.41) is 0. The Morgan fingerprint density at radius 1 is 1.60 bits per heavy atom. The molecule has 0 amide bonds. The number of nitrogens with one attached hydrogen (secondary N) is 1. The number of hydrogen-bond acceptors (Lipinski definition) is 3. The summed E-state index contributed by atoms with van der Waals surface area (Å²) >= 11 is 5.04. The summed E-state index contributed by atoms with van der Waals surface area (Å²) < 4.78 is 0.603. The summed E-state index contributed by atoms with van der Waals surface area (Å²) in [4.78, 5) is 9.80. The average molecular weight is 223 g/mol. The van der Waals surface area contributed by atoms with Gasteiger partial charge >= 0.3 is 0 Å². The summed E-state index contributed by atoms with van der Waals surface area (Å²) in [6.07, 6.45) is 5.56. The Labute approximate surface area is 95.5 Å². The monoisotopic (exact) mass is 223 g/mol. The molecule has 1 aromatic rings. The quantitative estimate of drug-likeness (QED) is 0.798. The van der Waals surface area contributed by atoms with E-state index in [9.17, 15) is 0 Å². The third kappa shape index (κ3) is 2.63. The van der Waals surface area contributed by atoms with Crippen LogP contribution in [0.5, 0.6) is 0 Å². The standard InChI is InChI=1S/C11H17N3S/c1-2-3-5-14-6-4-9-7-12-11(15)13-10(9)8-14/h7H,2-6,8H2,1H3,(H,12,13,15). The van der Waals surface area contributed by atoms with Crippen LogP contribution in [0.1, 0.15) is 31.0 Å². The molecule has 2 rings (SSSR count). The fourth-order valence-electron chi connectivity index (χ4n) is 1.97. The van der Waals surface area contributed by atoms with Gasteiger partial charge in [-0.15, -0.1) is 0 Å².